The average molecular weight is 585 g/mol. The molecule has 2 saturated heterocycles. The maximum atomic E-state index is 14.9. The summed E-state index contributed by atoms with van der Waals surface area (Å²) in [6.45, 7) is 6.96. The van der Waals surface area contributed by atoms with Gasteiger partial charge in [-0.05, 0) is 99.5 Å². The molecule has 2 aliphatic heterocycles. The number of hydrogen-bond acceptors (Lipinski definition) is 7. The number of Topliss-reactive ketones (excluding diaryl/α,β-unsaturated/α-hetero) is 1. The third-order valence-electron chi connectivity index (χ3n) is 9.39. The van der Waals surface area contributed by atoms with E-state index >= 15 is 0 Å². The molecule has 3 N–H and O–H groups in total. The number of aromatic nitrogens is 1. The van der Waals surface area contributed by atoms with Crippen molar-refractivity contribution in [3.05, 3.63) is 77.4 Å². The van der Waals surface area contributed by atoms with Gasteiger partial charge in [-0.15, -0.1) is 0 Å². The topological polar surface area (TPSA) is 94.8 Å². The molecular formula is C34H41FN6O2. The number of primary amides is 1. The van der Waals surface area contributed by atoms with E-state index in [2.05, 4.69) is 51.1 Å². The number of hydrogen-bond donors (Lipinski definition) is 2. The monoisotopic (exact) mass is 584 g/mol. The van der Waals surface area contributed by atoms with Crippen LogP contribution in [0.5, 0.6) is 0 Å². The molecule has 3 aromatic rings. The lowest BCUT2D eigenvalue weighted by Gasteiger charge is -2.41. The van der Waals surface area contributed by atoms with E-state index < -0.39 is 11.7 Å². The summed E-state index contributed by atoms with van der Waals surface area (Å²) in [6, 6.07) is 15.3. The van der Waals surface area contributed by atoms with Crippen LogP contribution < -0.4 is 20.9 Å². The molecule has 6 rings (SSSR count). The van der Waals surface area contributed by atoms with Crippen LogP contribution in [0.25, 0.3) is 0 Å². The number of benzene rings is 2. The molecule has 9 heteroatoms. The number of anilines is 4. The lowest BCUT2D eigenvalue weighted by molar-refractivity contribution is 0.0941. The molecule has 0 spiro atoms. The molecule has 2 atom stereocenters. The number of nitrogens with two attached hydrogens (primary N) is 1. The van der Waals surface area contributed by atoms with E-state index in [1.54, 1.807) is 18.3 Å². The van der Waals surface area contributed by atoms with E-state index in [0.717, 1.165) is 75.3 Å². The smallest absolute Gasteiger partial charge is 0.269 e. The van der Waals surface area contributed by atoms with E-state index in [1.165, 1.54) is 5.69 Å². The van der Waals surface area contributed by atoms with Gasteiger partial charge in [0, 0.05) is 56.6 Å². The predicted octanol–water partition coefficient (Wildman–Crippen LogP) is 5.57. The van der Waals surface area contributed by atoms with Gasteiger partial charge in [-0.25, -0.2) is 9.37 Å². The van der Waals surface area contributed by atoms with E-state index in [4.69, 9.17) is 5.73 Å². The van der Waals surface area contributed by atoms with Gasteiger partial charge >= 0.3 is 0 Å². The highest BCUT2D eigenvalue weighted by Crippen LogP contribution is 2.41. The molecule has 1 saturated carbocycles. The molecule has 43 heavy (non-hydrogen) atoms. The minimum Gasteiger partial charge on any atom is -0.369 e. The second kappa shape index (κ2) is 12.3. The van der Waals surface area contributed by atoms with Crippen molar-refractivity contribution in [2.75, 3.05) is 54.9 Å². The second-order valence-electron chi connectivity index (χ2n) is 12.4. The molecule has 3 heterocycles. The van der Waals surface area contributed by atoms with Crippen molar-refractivity contribution in [2.24, 2.45) is 11.7 Å². The maximum absolute atomic E-state index is 14.9. The van der Waals surface area contributed by atoms with Crippen LogP contribution in [0.1, 0.15) is 71.4 Å². The van der Waals surface area contributed by atoms with Crippen molar-refractivity contribution in [3.8, 4) is 0 Å². The highest BCUT2D eigenvalue weighted by atomic mass is 19.1. The number of amides is 1. The largest absolute Gasteiger partial charge is 0.369 e. The number of likely N-dealkylation sites (N-methyl/N-ethyl adjacent to an activating group) is 1. The summed E-state index contributed by atoms with van der Waals surface area (Å²) < 4.78 is 14.9. The average Bonchev–Trinajstić information content (AvgIpc) is 3.85. The first-order chi connectivity index (χ1) is 20.8. The number of nitrogens with zero attached hydrogens (tertiary/aromatic N) is 4. The van der Waals surface area contributed by atoms with Gasteiger partial charge in [0.25, 0.3) is 5.91 Å². The summed E-state index contributed by atoms with van der Waals surface area (Å²) in [7, 11) is 2.14. The van der Waals surface area contributed by atoms with Gasteiger partial charge in [-0.2, -0.15) is 0 Å². The summed E-state index contributed by atoms with van der Waals surface area (Å²) in [4.78, 5) is 36.8. The molecule has 0 unspecified atom stereocenters. The number of ketones is 1. The summed E-state index contributed by atoms with van der Waals surface area (Å²) in [6.07, 6.45) is 5.95. The Balaban J connectivity index is 1.16. The third-order valence-corrected chi connectivity index (χ3v) is 9.39. The van der Waals surface area contributed by atoms with E-state index in [1.807, 2.05) is 24.3 Å². The van der Waals surface area contributed by atoms with Crippen LogP contribution in [0.3, 0.4) is 0 Å². The zero-order valence-corrected chi connectivity index (χ0v) is 25.1. The first-order valence-corrected chi connectivity index (χ1v) is 15.5. The minimum absolute atomic E-state index is 0.0310. The Kier molecular flexibility index (Phi) is 8.34. The predicted molar refractivity (Wildman–Crippen MR) is 169 cm³/mol. The molecule has 1 amide bonds. The van der Waals surface area contributed by atoms with Crippen molar-refractivity contribution in [3.63, 3.8) is 0 Å². The Labute approximate surface area is 253 Å². The Morgan fingerprint density at radius 3 is 2.40 bits per heavy atom. The van der Waals surface area contributed by atoms with Crippen molar-refractivity contribution in [1.29, 1.82) is 0 Å². The fraction of sp³-hybridized carbons (Fsp3) is 0.441. The highest BCUT2D eigenvalue weighted by Gasteiger charge is 2.32. The van der Waals surface area contributed by atoms with Crippen molar-refractivity contribution < 1.29 is 14.0 Å². The van der Waals surface area contributed by atoms with Crippen molar-refractivity contribution in [2.45, 2.75) is 51.0 Å². The van der Waals surface area contributed by atoms with Crippen LogP contribution in [0.2, 0.25) is 0 Å². The number of piperazine rings is 1. The molecule has 2 aromatic carbocycles. The van der Waals surface area contributed by atoms with Crippen LogP contribution in [0.4, 0.5) is 27.1 Å². The summed E-state index contributed by atoms with van der Waals surface area (Å²) >= 11 is 0. The standard InChI is InChI=1S/C34H41FN6O2/c1-22-24(19-32(42)29-12-7-25(18-30(29)35)23-5-6-23)4-3-13-41(22)28-20-31(33(34(36)43)37-21-28)38-26-8-10-27(11-9-26)40-16-14-39(2)15-17-40/h7-12,18,20-24,38H,3-6,13-17,19H2,1-2H3,(H2,36,43)/t22-,24+/m1/s1. The van der Waals surface area contributed by atoms with Gasteiger partial charge in [0.1, 0.15) is 5.82 Å². The van der Waals surface area contributed by atoms with Crippen LogP contribution in [-0.4, -0.2) is 67.4 Å². The van der Waals surface area contributed by atoms with Gasteiger partial charge in [-0.1, -0.05) is 6.07 Å². The fourth-order valence-electron chi connectivity index (χ4n) is 6.51. The first-order valence-electron chi connectivity index (χ1n) is 15.5. The van der Waals surface area contributed by atoms with Gasteiger partial charge in [-0.3, -0.25) is 9.59 Å². The Bertz CT molecular complexity index is 1480. The zero-order chi connectivity index (χ0) is 30.1. The number of pyridine rings is 1. The van der Waals surface area contributed by atoms with Gasteiger partial charge in [0.2, 0.25) is 0 Å². The number of rotatable bonds is 9. The van der Waals surface area contributed by atoms with Crippen LogP contribution >= 0.6 is 0 Å². The normalized spacial score (nSPS) is 21.1. The van der Waals surface area contributed by atoms with Gasteiger partial charge < -0.3 is 25.8 Å². The molecular weight excluding hydrogens is 543 g/mol. The lowest BCUT2D eigenvalue weighted by atomic mass is 9.84. The van der Waals surface area contributed by atoms with E-state index in [9.17, 15) is 14.0 Å². The van der Waals surface area contributed by atoms with E-state index in [-0.39, 0.29) is 35.4 Å². The second-order valence-corrected chi connectivity index (χ2v) is 12.4. The summed E-state index contributed by atoms with van der Waals surface area (Å²) in [5.74, 6) is -0.650. The molecule has 0 radical (unpaired) electrons. The lowest BCUT2D eigenvalue weighted by Crippen LogP contribution is -2.44. The maximum Gasteiger partial charge on any atom is 0.269 e. The van der Waals surface area contributed by atoms with Gasteiger partial charge in [0.15, 0.2) is 11.5 Å². The highest BCUT2D eigenvalue weighted by molar-refractivity contribution is 5.98. The number of halogens is 1. The third kappa shape index (κ3) is 6.51. The molecule has 3 aliphatic rings. The van der Waals surface area contributed by atoms with Crippen molar-refractivity contribution >= 4 is 34.4 Å². The Morgan fingerprint density at radius 2 is 1.72 bits per heavy atom. The van der Waals surface area contributed by atoms with Crippen molar-refractivity contribution in [1.82, 2.24) is 9.88 Å². The minimum atomic E-state index is -0.604. The summed E-state index contributed by atoms with van der Waals surface area (Å²) in [5.41, 5.74) is 10.5. The molecule has 3 fully saturated rings. The molecule has 1 aromatic heterocycles. The zero-order valence-electron chi connectivity index (χ0n) is 25.1. The number of piperidine rings is 1. The van der Waals surface area contributed by atoms with Crippen LogP contribution in [0.15, 0.2) is 54.7 Å². The first kappa shape index (κ1) is 29.1. The fourth-order valence-corrected chi connectivity index (χ4v) is 6.51. The summed E-state index contributed by atoms with van der Waals surface area (Å²) in [5, 5.41) is 3.36. The molecule has 1 aliphatic carbocycles. The number of nitrogens with one attached hydrogen (secondary N) is 1. The Hall–Kier alpha value is -3.98. The van der Waals surface area contributed by atoms with Crippen LogP contribution in [0, 0.1) is 11.7 Å². The quantitative estimate of drug-likeness (QED) is 0.318. The van der Waals surface area contributed by atoms with Gasteiger partial charge in [0.05, 0.1) is 23.1 Å². The SMILES string of the molecule is C[C@@H]1[C@H](CC(=O)c2ccc(C3CC3)cc2F)CCCN1c1cnc(C(N)=O)c(Nc2ccc(N3CCN(C)CC3)cc2)c1. The number of carbonyl (C=O) groups is 2. The Morgan fingerprint density at radius 1 is 0.977 bits per heavy atom. The van der Waals surface area contributed by atoms with E-state index in [0.29, 0.717) is 11.6 Å². The molecule has 0 bridgehead atoms. The molecule has 8 nitrogen and oxygen atoms in total. The molecule has 226 valence electrons. The van der Waals surface area contributed by atoms with Crippen LogP contribution in [-0.2, 0) is 0 Å². The number of carbonyl (C=O) groups excluding carboxylic acids is 2.